The molecule has 1 spiro atoms. The van der Waals surface area contributed by atoms with Crippen LogP contribution in [0.2, 0.25) is 0 Å². The summed E-state index contributed by atoms with van der Waals surface area (Å²) in [5, 5.41) is 0. The second-order valence-electron chi connectivity index (χ2n) is 10.5. The first-order valence-electron chi connectivity index (χ1n) is 13.7. The van der Waals surface area contributed by atoms with Crippen LogP contribution in [0, 0.1) is 5.82 Å². The molecule has 1 amide bonds. The lowest BCUT2D eigenvalue weighted by Crippen LogP contribution is -2.54. The van der Waals surface area contributed by atoms with E-state index in [2.05, 4.69) is 0 Å². The number of carbonyl (C=O) groups excluding carboxylic acids is 5. The molecule has 3 aliphatic rings. The number of hydrogen-bond acceptors (Lipinski definition) is 13. The third kappa shape index (κ3) is 5.29. The fourth-order valence-electron chi connectivity index (χ4n) is 5.59. The summed E-state index contributed by atoms with van der Waals surface area (Å²) in [7, 11) is 5.97. The Labute approximate surface area is 281 Å². The maximum absolute atomic E-state index is 14.4. The normalized spacial score (nSPS) is 17.6. The number of rotatable bonds is 6. The second-order valence-corrected chi connectivity index (χ2v) is 14.3. The van der Waals surface area contributed by atoms with Gasteiger partial charge in [0, 0.05) is 21.6 Å². The molecule has 0 atom stereocenters. The van der Waals surface area contributed by atoms with Gasteiger partial charge in [-0.25, -0.2) is 23.6 Å². The molecule has 0 N–H and O–H groups in total. The van der Waals surface area contributed by atoms with E-state index < -0.39 is 45.2 Å². The zero-order valence-electron chi connectivity index (χ0n) is 26.2. The van der Waals surface area contributed by atoms with Gasteiger partial charge >= 0.3 is 23.9 Å². The van der Waals surface area contributed by atoms with E-state index in [9.17, 15) is 28.4 Å². The number of halogens is 1. The molecule has 3 aliphatic heterocycles. The number of amides is 1. The summed E-state index contributed by atoms with van der Waals surface area (Å²) < 4.78 is 38.7. The molecule has 5 rings (SSSR count). The number of hydrogen-bond donors (Lipinski definition) is 0. The van der Waals surface area contributed by atoms with Crippen LogP contribution in [-0.2, 0) is 38.1 Å². The molecule has 0 bridgehead atoms. The third-order valence-electron chi connectivity index (χ3n) is 7.62. The highest BCUT2D eigenvalue weighted by Crippen LogP contribution is 2.71. The molecule has 2 aromatic rings. The highest BCUT2D eigenvalue weighted by molar-refractivity contribution is 8.26. The number of carbonyl (C=O) groups is 5. The number of thioether (sulfide) groups is 3. The predicted octanol–water partition coefficient (Wildman–Crippen LogP) is 5.07. The van der Waals surface area contributed by atoms with Gasteiger partial charge in [-0.1, -0.05) is 53.5 Å². The van der Waals surface area contributed by atoms with Gasteiger partial charge in [-0.3, -0.25) is 9.69 Å². The molecule has 0 unspecified atom stereocenters. The quantitative estimate of drug-likeness (QED) is 0.294. The third-order valence-corrected chi connectivity index (χ3v) is 12.3. The van der Waals surface area contributed by atoms with Crippen molar-refractivity contribution in [1.29, 1.82) is 0 Å². The number of anilines is 1. The molecule has 0 saturated carbocycles. The molecule has 0 radical (unpaired) electrons. The summed E-state index contributed by atoms with van der Waals surface area (Å²) >= 11 is 2.51. The first-order chi connectivity index (χ1) is 22.3. The van der Waals surface area contributed by atoms with Crippen LogP contribution in [0.4, 0.5) is 10.1 Å². The number of esters is 4. The summed E-state index contributed by atoms with van der Waals surface area (Å²) in [6, 6.07) is 10.2. The van der Waals surface area contributed by atoms with Crippen molar-refractivity contribution in [3.63, 3.8) is 0 Å². The Kier molecular flexibility index (Phi) is 9.27. The average Bonchev–Trinajstić information content (AvgIpc) is 3.46. The highest BCUT2D eigenvalue weighted by atomic mass is 32.2. The molecular formula is C32H28FNO10S3. The topological polar surface area (TPSA) is 135 Å². The minimum atomic E-state index is -1.75. The van der Waals surface area contributed by atoms with E-state index in [-0.39, 0.29) is 37.3 Å². The van der Waals surface area contributed by atoms with E-state index in [1.54, 1.807) is 32.0 Å². The fourth-order valence-corrected chi connectivity index (χ4v) is 10.6. The molecule has 246 valence electrons. The van der Waals surface area contributed by atoms with Crippen molar-refractivity contribution >= 4 is 76.3 Å². The zero-order valence-corrected chi connectivity index (χ0v) is 28.6. The van der Waals surface area contributed by atoms with E-state index in [4.69, 9.17) is 23.7 Å². The van der Waals surface area contributed by atoms with Crippen molar-refractivity contribution in [3.8, 4) is 5.75 Å². The number of para-hydroxylation sites is 1. The molecule has 3 heterocycles. The van der Waals surface area contributed by atoms with Crippen LogP contribution in [0.15, 0.2) is 67.7 Å². The Balaban J connectivity index is 1.92. The lowest BCUT2D eigenvalue weighted by molar-refractivity contribution is -0.138. The minimum Gasteiger partial charge on any atom is -0.495 e. The van der Waals surface area contributed by atoms with Crippen molar-refractivity contribution in [2.24, 2.45) is 0 Å². The first kappa shape index (κ1) is 34.1. The van der Waals surface area contributed by atoms with Crippen molar-refractivity contribution in [2.75, 3.05) is 40.4 Å². The maximum Gasteiger partial charge on any atom is 0.345 e. The van der Waals surface area contributed by atoms with Gasteiger partial charge in [0.1, 0.15) is 30.4 Å². The predicted molar refractivity (Wildman–Crippen MR) is 175 cm³/mol. The summed E-state index contributed by atoms with van der Waals surface area (Å²) in [6.07, 6.45) is 0. The largest absolute Gasteiger partial charge is 0.495 e. The molecular weight excluding hydrogens is 674 g/mol. The van der Waals surface area contributed by atoms with Gasteiger partial charge < -0.3 is 23.7 Å². The smallest absolute Gasteiger partial charge is 0.345 e. The number of fused-ring (bicyclic) bond motifs is 3. The SMILES string of the molecule is COC(=O)C1=C(C(=O)OC)SC2(S1)C(C(=O)OC)=C(C(=O)OC)SC1=C2c2cccc(OC)c2N(C(=O)c2cccc(F)c2)C1(C)C. The lowest BCUT2D eigenvalue weighted by Gasteiger charge is -2.51. The number of nitrogens with zero attached hydrogens (tertiary/aromatic N) is 1. The van der Waals surface area contributed by atoms with Crippen molar-refractivity contribution in [2.45, 2.75) is 23.5 Å². The van der Waals surface area contributed by atoms with Gasteiger partial charge in [0.25, 0.3) is 5.91 Å². The summed E-state index contributed by atoms with van der Waals surface area (Å²) in [4.78, 5) is 69.3. The van der Waals surface area contributed by atoms with Gasteiger partial charge in [-0.05, 0) is 38.1 Å². The summed E-state index contributed by atoms with van der Waals surface area (Å²) in [5.41, 5.74) is -0.476. The van der Waals surface area contributed by atoms with Crippen LogP contribution < -0.4 is 9.64 Å². The zero-order chi connectivity index (χ0) is 34.4. The van der Waals surface area contributed by atoms with Crippen LogP contribution in [-0.4, -0.2) is 75.0 Å². The monoisotopic (exact) mass is 701 g/mol. The summed E-state index contributed by atoms with van der Waals surface area (Å²) in [5.74, 6) is -4.54. The Morgan fingerprint density at radius 2 is 1.30 bits per heavy atom. The Hall–Kier alpha value is -4.21. The molecule has 0 aromatic heterocycles. The van der Waals surface area contributed by atoms with Gasteiger partial charge in [-0.2, -0.15) is 0 Å². The highest BCUT2D eigenvalue weighted by Gasteiger charge is 2.62. The molecule has 0 aliphatic carbocycles. The van der Waals surface area contributed by atoms with E-state index in [1.807, 2.05) is 0 Å². The number of methoxy groups -OCH3 is 5. The Morgan fingerprint density at radius 3 is 1.83 bits per heavy atom. The summed E-state index contributed by atoms with van der Waals surface area (Å²) in [6.45, 7) is 3.43. The van der Waals surface area contributed by atoms with Crippen LogP contribution >= 0.6 is 35.3 Å². The van der Waals surface area contributed by atoms with Crippen LogP contribution in [0.1, 0.15) is 29.8 Å². The van der Waals surface area contributed by atoms with Gasteiger partial charge in [-0.15, -0.1) is 0 Å². The van der Waals surface area contributed by atoms with E-state index in [0.29, 0.717) is 16.0 Å². The van der Waals surface area contributed by atoms with Gasteiger partial charge in [0.05, 0.1) is 52.3 Å². The minimum absolute atomic E-state index is 0.0423. The molecule has 0 fully saturated rings. The standard InChI is InChI=1S/C32H28FNO10S3/c1-31(2)25-19(17-12-9-13-18(40-3)21(17)34(31)26(35)15-10-8-11-16(33)14-15)32(20(27(36)41-4)22(45-25)28(37)42-5)46-23(29(38)43-6)24(47-32)30(39)44-7/h8-14H,1-7H3. The molecule has 47 heavy (non-hydrogen) atoms. The van der Waals surface area contributed by atoms with Crippen LogP contribution in [0.5, 0.6) is 5.75 Å². The fraction of sp³-hybridized carbons (Fsp3) is 0.281. The number of ether oxygens (including phenoxy) is 5. The average molecular weight is 702 g/mol. The van der Waals surface area contributed by atoms with Crippen LogP contribution in [0.3, 0.4) is 0 Å². The van der Waals surface area contributed by atoms with Crippen molar-refractivity contribution < 1.29 is 52.0 Å². The first-order valence-corrected chi connectivity index (χ1v) is 16.2. The number of benzene rings is 2. The van der Waals surface area contributed by atoms with Crippen molar-refractivity contribution in [3.05, 3.63) is 84.6 Å². The molecule has 11 nitrogen and oxygen atoms in total. The van der Waals surface area contributed by atoms with E-state index in [0.717, 1.165) is 69.8 Å². The Bertz CT molecular complexity index is 1820. The molecule has 15 heteroatoms. The van der Waals surface area contributed by atoms with Crippen molar-refractivity contribution in [1.82, 2.24) is 0 Å². The molecule has 0 saturated heterocycles. The van der Waals surface area contributed by atoms with Gasteiger partial charge in [0.15, 0.2) is 0 Å². The van der Waals surface area contributed by atoms with Gasteiger partial charge in [0.2, 0.25) is 0 Å². The lowest BCUT2D eigenvalue weighted by atomic mass is 9.82. The maximum atomic E-state index is 14.4. The van der Waals surface area contributed by atoms with E-state index in [1.165, 1.54) is 30.2 Å². The van der Waals surface area contributed by atoms with E-state index >= 15 is 0 Å². The Morgan fingerprint density at radius 1 is 0.745 bits per heavy atom. The van der Waals surface area contributed by atoms with Crippen LogP contribution in [0.25, 0.3) is 5.57 Å². The molecule has 2 aromatic carbocycles. The second kappa shape index (κ2) is 12.8.